The maximum absolute atomic E-state index is 10.9. The Bertz CT molecular complexity index is 320. The van der Waals surface area contributed by atoms with Crippen LogP contribution in [0.15, 0.2) is 12.1 Å². The highest BCUT2D eigenvalue weighted by Crippen LogP contribution is 2.19. The Hall–Kier alpha value is -1.38. The van der Waals surface area contributed by atoms with Crippen molar-refractivity contribution in [3.63, 3.8) is 0 Å². The first-order chi connectivity index (χ1) is 5.25. The first-order valence-electron chi connectivity index (χ1n) is 3.52. The summed E-state index contributed by atoms with van der Waals surface area (Å²) in [5.41, 5.74) is 1.94. The second-order valence-corrected chi connectivity index (χ2v) is 2.69. The van der Waals surface area contributed by atoms with E-state index < -0.39 is 0 Å². The topological polar surface area (TPSA) is 42.0 Å². The zero-order valence-electron chi connectivity index (χ0n) is 6.22. The molecule has 56 valence electrons. The van der Waals surface area contributed by atoms with Crippen LogP contribution in [0.2, 0.25) is 0 Å². The fourth-order valence-corrected chi connectivity index (χ4v) is 1.19. The highest BCUT2D eigenvalue weighted by molar-refractivity contribution is 5.97. The second-order valence-electron chi connectivity index (χ2n) is 2.69. The summed E-state index contributed by atoms with van der Waals surface area (Å²) in [6.07, 6.45) is 0.475. The SMILES string of the molecule is Cc1ccc2c(n1)NC(=O)C2. The monoisotopic (exact) mass is 148 g/mol. The van der Waals surface area contributed by atoms with Gasteiger partial charge in [-0.05, 0) is 13.0 Å². The van der Waals surface area contributed by atoms with Crippen molar-refractivity contribution in [1.29, 1.82) is 0 Å². The summed E-state index contributed by atoms with van der Waals surface area (Å²) in [6, 6.07) is 3.86. The predicted octanol–water partition coefficient (Wildman–Crippen LogP) is 0.885. The summed E-state index contributed by atoms with van der Waals surface area (Å²) in [6.45, 7) is 1.91. The van der Waals surface area contributed by atoms with E-state index in [2.05, 4.69) is 10.3 Å². The van der Waals surface area contributed by atoms with Gasteiger partial charge in [-0.2, -0.15) is 0 Å². The van der Waals surface area contributed by atoms with Gasteiger partial charge in [-0.1, -0.05) is 6.07 Å². The normalized spacial score (nSPS) is 14.5. The lowest BCUT2D eigenvalue weighted by Gasteiger charge is -1.96. The van der Waals surface area contributed by atoms with E-state index in [0.29, 0.717) is 6.42 Å². The number of carbonyl (C=O) groups is 1. The Labute approximate surface area is 64.5 Å². The molecule has 0 fully saturated rings. The van der Waals surface area contributed by atoms with Crippen LogP contribution in [0.25, 0.3) is 0 Å². The summed E-state index contributed by atoms with van der Waals surface area (Å²) in [7, 11) is 0. The lowest BCUT2D eigenvalue weighted by molar-refractivity contribution is -0.115. The number of nitrogens with one attached hydrogen (secondary N) is 1. The van der Waals surface area contributed by atoms with Crippen LogP contribution in [0.1, 0.15) is 11.3 Å². The van der Waals surface area contributed by atoms with E-state index in [1.54, 1.807) is 0 Å². The number of hydrogen-bond donors (Lipinski definition) is 1. The molecule has 0 saturated heterocycles. The van der Waals surface area contributed by atoms with E-state index in [-0.39, 0.29) is 5.91 Å². The van der Waals surface area contributed by atoms with Crippen LogP contribution in [0.4, 0.5) is 5.82 Å². The molecule has 1 aromatic heterocycles. The number of hydrogen-bond acceptors (Lipinski definition) is 2. The van der Waals surface area contributed by atoms with Gasteiger partial charge in [-0.15, -0.1) is 0 Å². The Morgan fingerprint density at radius 3 is 3.18 bits per heavy atom. The van der Waals surface area contributed by atoms with Gasteiger partial charge in [0.25, 0.3) is 0 Å². The number of anilines is 1. The summed E-state index contributed by atoms with van der Waals surface area (Å²) in [5.74, 6) is 0.771. The molecule has 1 aliphatic rings. The Kier molecular flexibility index (Phi) is 1.18. The molecular weight excluding hydrogens is 140 g/mol. The number of aromatic nitrogens is 1. The third-order valence-corrected chi connectivity index (χ3v) is 1.73. The molecule has 1 aromatic rings. The first-order valence-corrected chi connectivity index (χ1v) is 3.52. The summed E-state index contributed by atoms with van der Waals surface area (Å²) in [4.78, 5) is 15.0. The van der Waals surface area contributed by atoms with E-state index in [4.69, 9.17) is 0 Å². The number of fused-ring (bicyclic) bond motifs is 1. The molecule has 0 saturated carbocycles. The van der Waals surface area contributed by atoms with Crippen LogP contribution in [0.5, 0.6) is 0 Å². The van der Waals surface area contributed by atoms with Crippen LogP contribution in [0, 0.1) is 6.92 Å². The van der Waals surface area contributed by atoms with E-state index in [1.165, 1.54) is 0 Å². The van der Waals surface area contributed by atoms with Crippen molar-refractivity contribution in [2.75, 3.05) is 5.32 Å². The van der Waals surface area contributed by atoms with Crippen molar-refractivity contribution in [3.8, 4) is 0 Å². The van der Waals surface area contributed by atoms with E-state index in [9.17, 15) is 4.79 Å². The largest absolute Gasteiger partial charge is 0.310 e. The fraction of sp³-hybridized carbons (Fsp3) is 0.250. The minimum absolute atomic E-state index is 0.0399. The number of amides is 1. The van der Waals surface area contributed by atoms with E-state index in [0.717, 1.165) is 17.1 Å². The lowest BCUT2D eigenvalue weighted by atomic mass is 10.2. The van der Waals surface area contributed by atoms with Crippen molar-refractivity contribution in [2.45, 2.75) is 13.3 Å². The summed E-state index contributed by atoms with van der Waals surface area (Å²) >= 11 is 0. The number of rotatable bonds is 0. The van der Waals surface area contributed by atoms with E-state index >= 15 is 0 Å². The van der Waals surface area contributed by atoms with Crippen molar-refractivity contribution in [3.05, 3.63) is 23.4 Å². The lowest BCUT2D eigenvalue weighted by Crippen LogP contribution is -2.04. The van der Waals surface area contributed by atoms with Crippen molar-refractivity contribution >= 4 is 11.7 Å². The molecule has 0 aliphatic carbocycles. The molecule has 2 rings (SSSR count). The molecule has 0 unspecified atom stereocenters. The molecule has 2 heterocycles. The highest BCUT2D eigenvalue weighted by atomic mass is 16.1. The van der Waals surface area contributed by atoms with Crippen molar-refractivity contribution in [1.82, 2.24) is 4.98 Å². The van der Waals surface area contributed by atoms with Gasteiger partial charge in [-0.25, -0.2) is 4.98 Å². The molecule has 11 heavy (non-hydrogen) atoms. The van der Waals surface area contributed by atoms with Crippen LogP contribution in [-0.2, 0) is 11.2 Å². The van der Waals surface area contributed by atoms with Gasteiger partial charge in [0.2, 0.25) is 5.91 Å². The van der Waals surface area contributed by atoms with Gasteiger partial charge in [0.1, 0.15) is 5.82 Å². The molecule has 1 N–H and O–H groups in total. The third kappa shape index (κ3) is 0.981. The average Bonchev–Trinajstić information content (AvgIpc) is 2.27. The minimum atomic E-state index is 0.0399. The third-order valence-electron chi connectivity index (χ3n) is 1.73. The van der Waals surface area contributed by atoms with Gasteiger partial charge in [-0.3, -0.25) is 4.79 Å². The number of aryl methyl sites for hydroxylation is 1. The molecule has 3 nitrogen and oxygen atoms in total. The predicted molar refractivity (Wildman–Crippen MR) is 41.3 cm³/mol. The fourth-order valence-electron chi connectivity index (χ4n) is 1.19. The zero-order chi connectivity index (χ0) is 7.84. The molecular formula is C8H8N2O. The highest BCUT2D eigenvalue weighted by Gasteiger charge is 2.17. The van der Waals surface area contributed by atoms with Gasteiger partial charge in [0.15, 0.2) is 0 Å². The molecule has 0 aromatic carbocycles. The molecule has 0 radical (unpaired) electrons. The van der Waals surface area contributed by atoms with Crippen molar-refractivity contribution < 1.29 is 4.79 Å². The molecule has 0 atom stereocenters. The number of pyridine rings is 1. The quantitative estimate of drug-likeness (QED) is 0.593. The Balaban J connectivity index is 2.51. The Morgan fingerprint density at radius 2 is 2.36 bits per heavy atom. The molecule has 3 heteroatoms. The van der Waals surface area contributed by atoms with Gasteiger partial charge >= 0.3 is 0 Å². The van der Waals surface area contributed by atoms with Gasteiger partial charge < -0.3 is 5.32 Å². The number of nitrogens with zero attached hydrogens (tertiary/aromatic N) is 1. The molecule has 1 aliphatic heterocycles. The maximum Gasteiger partial charge on any atom is 0.230 e. The van der Waals surface area contributed by atoms with E-state index in [1.807, 2.05) is 19.1 Å². The second kappa shape index (κ2) is 2.05. The molecule has 0 spiro atoms. The molecule has 1 amide bonds. The van der Waals surface area contributed by atoms with Crippen LogP contribution in [0.3, 0.4) is 0 Å². The zero-order valence-corrected chi connectivity index (χ0v) is 6.22. The average molecular weight is 148 g/mol. The summed E-state index contributed by atoms with van der Waals surface area (Å²) < 4.78 is 0. The standard InChI is InChI=1S/C8H8N2O/c1-5-2-3-6-4-7(11)10-8(6)9-5/h2-3H,4H2,1H3,(H,9,10,11). The first kappa shape index (κ1) is 6.34. The minimum Gasteiger partial charge on any atom is -0.310 e. The van der Waals surface area contributed by atoms with Crippen LogP contribution < -0.4 is 5.32 Å². The smallest absolute Gasteiger partial charge is 0.230 e. The van der Waals surface area contributed by atoms with Crippen LogP contribution in [-0.4, -0.2) is 10.9 Å². The maximum atomic E-state index is 10.9. The number of carbonyl (C=O) groups excluding carboxylic acids is 1. The van der Waals surface area contributed by atoms with Gasteiger partial charge in [0.05, 0.1) is 6.42 Å². The summed E-state index contributed by atoms with van der Waals surface area (Å²) in [5, 5.41) is 2.69. The van der Waals surface area contributed by atoms with Gasteiger partial charge in [0, 0.05) is 11.3 Å². The Morgan fingerprint density at radius 1 is 1.55 bits per heavy atom. The molecule has 0 bridgehead atoms. The van der Waals surface area contributed by atoms with Crippen molar-refractivity contribution in [2.24, 2.45) is 0 Å². The van der Waals surface area contributed by atoms with Crippen LogP contribution >= 0.6 is 0 Å².